The molecule has 0 saturated heterocycles. The van der Waals surface area contributed by atoms with Gasteiger partial charge in [0, 0.05) is 13.1 Å². The zero-order valence-corrected chi connectivity index (χ0v) is 12.0. The lowest BCUT2D eigenvalue weighted by molar-refractivity contribution is -0.143. The number of rotatable bonds is 7. The van der Waals surface area contributed by atoms with Crippen molar-refractivity contribution in [3.05, 3.63) is 35.9 Å². The molecule has 1 rings (SSSR count). The van der Waals surface area contributed by atoms with Crippen LogP contribution >= 0.6 is 0 Å². The van der Waals surface area contributed by atoms with Crippen molar-refractivity contribution < 1.29 is 14.7 Å². The lowest BCUT2D eigenvalue weighted by atomic mass is 10.0. The van der Waals surface area contributed by atoms with Gasteiger partial charge >= 0.3 is 5.97 Å². The lowest BCUT2D eigenvalue weighted by Gasteiger charge is -2.26. The van der Waals surface area contributed by atoms with Crippen LogP contribution in [0.2, 0.25) is 0 Å². The number of carboxylic acid groups (broad SMARTS) is 1. The van der Waals surface area contributed by atoms with Crippen molar-refractivity contribution in [2.75, 3.05) is 13.1 Å². The molecular weight excluding hydrogens is 256 g/mol. The fourth-order valence-corrected chi connectivity index (χ4v) is 1.97. The molecule has 0 heterocycles. The number of carbonyl (C=O) groups excluding carboxylic acids is 1. The van der Waals surface area contributed by atoms with Gasteiger partial charge in [-0.05, 0) is 18.9 Å². The van der Waals surface area contributed by atoms with Crippen molar-refractivity contribution in [1.29, 1.82) is 0 Å². The van der Waals surface area contributed by atoms with Gasteiger partial charge in [-0.3, -0.25) is 9.59 Å². The number of benzene rings is 1. The Kier molecular flexibility index (Phi) is 6.18. The van der Waals surface area contributed by atoms with Gasteiger partial charge in [0.1, 0.15) is 0 Å². The molecule has 1 amide bonds. The summed E-state index contributed by atoms with van der Waals surface area (Å²) < 4.78 is 0. The summed E-state index contributed by atoms with van der Waals surface area (Å²) >= 11 is 0. The number of hydrogen-bond acceptors (Lipinski definition) is 3. The molecule has 1 unspecified atom stereocenters. The average Bonchev–Trinajstić information content (AvgIpc) is 2.44. The summed E-state index contributed by atoms with van der Waals surface area (Å²) in [5.41, 5.74) is 6.93. The zero-order valence-electron chi connectivity index (χ0n) is 12.0. The summed E-state index contributed by atoms with van der Waals surface area (Å²) in [5.74, 6) is -1.71. The maximum Gasteiger partial charge on any atom is 0.308 e. The van der Waals surface area contributed by atoms with Crippen LogP contribution in [0.4, 0.5) is 0 Å². The molecule has 110 valence electrons. The highest BCUT2D eigenvalue weighted by Crippen LogP contribution is 2.07. The Bertz CT molecular complexity index is 448. The molecule has 2 atom stereocenters. The van der Waals surface area contributed by atoms with Crippen molar-refractivity contribution in [3.63, 3.8) is 0 Å². The molecule has 1 aromatic rings. The van der Waals surface area contributed by atoms with Gasteiger partial charge in [0.2, 0.25) is 5.91 Å². The van der Waals surface area contributed by atoms with Crippen LogP contribution in [0, 0.1) is 5.92 Å². The summed E-state index contributed by atoms with van der Waals surface area (Å²) in [6, 6.07) is 8.90. The second-order valence-electron chi connectivity index (χ2n) is 4.91. The standard InChI is InChI=1S/C15H22N2O3/c1-3-17(10-11(2)15(19)20)14(18)13(16)9-12-7-5-4-6-8-12/h4-8,11,13H,3,9-10,16H2,1-2H3,(H,19,20)/t11?,13-/m0/s1. The SMILES string of the molecule is CCN(CC(C)C(=O)O)C(=O)[C@@H](N)Cc1ccccc1. The van der Waals surface area contributed by atoms with Crippen LogP contribution in [-0.4, -0.2) is 41.0 Å². The largest absolute Gasteiger partial charge is 0.481 e. The molecule has 1 aromatic carbocycles. The Morgan fingerprint density at radius 2 is 1.90 bits per heavy atom. The Hall–Kier alpha value is -1.88. The molecule has 0 aromatic heterocycles. The van der Waals surface area contributed by atoms with Crippen molar-refractivity contribution in [3.8, 4) is 0 Å². The minimum atomic E-state index is -0.909. The van der Waals surface area contributed by atoms with Crippen LogP contribution in [-0.2, 0) is 16.0 Å². The highest BCUT2D eigenvalue weighted by Gasteiger charge is 2.23. The topological polar surface area (TPSA) is 83.6 Å². The number of amides is 1. The molecule has 0 saturated carbocycles. The molecule has 0 aliphatic heterocycles. The van der Waals surface area contributed by atoms with Crippen LogP contribution < -0.4 is 5.73 Å². The summed E-state index contributed by atoms with van der Waals surface area (Å²) in [7, 11) is 0. The quantitative estimate of drug-likeness (QED) is 0.783. The third kappa shape index (κ3) is 4.66. The van der Waals surface area contributed by atoms with Crippen molar-refractivity contribution in [1.82, 2.24) is 4.90 Å². The maximum absolute atomic E-state index is 12.2. The highest BCUT2D eigenvalue weighted by molar-refractivity contribution is 5.82. The molecule has 5 heteroatoms. The van der Waals surface area contributed by atoms with Crippen LogP contribution in [0.1, 0.15) is 19.4 Å². The van der Waals surface area contributed by atoms with E-state index in [0.717, 1.165) is 5.56 Å². The van der Waals surface area contributed by atoms with Gasteiger partial charge in [0.15, 0.2) is 0 Å². The molecule has 0 aliphatic carbocycles. The number of hydrogen-bond donors (Lipinski definition) is 2. The third-order valence-electron chi connectivity index (χ3n) is 3.22. The molecule has 20 heavy (non-hydrogen) atoms. The number of nitrogens with two attached hydrogens (primary N) is 1. The third-order valence-corrected chi connectivity index (χ3v) is 3.22. The van der Waals surface area contributed by atoms with Crippen LogP contribution in [0.25, 0.3) is 0 Å². The van der Waals surface area contributed by atoms with E-state index in [1.807, 2.05) is 37.3 Å². The molecule has 0 aliphatic rings. The van der Waals surface area contributed by atoms with Crippen molar-refractivity contribution >= 4 is 11.9 Å². The number of carboxylic acids is 1. The first-order valence-corrected chi connectivity index (χ1v) is 6.76. The summed E-state index contributed by atoms with van der Waals surface area (Å²) in [5, 5.41) is 8.91. The van der Waals surface area contributed by atoms with Crippen molar-refractivity contribution in [2.24, 2.45) is 11.7 Å². The van der Waals surface area contributed by atoms with E-state index in [0.29, 0.717) is 13.0 Å². The second kappa shape index (κ2) is 7.65. The van der Waals surface area contributed by atoms with Gasteiger partial charge in [-0.25, -0.2) is 0 Å². The number of likely N-dealkylation sites (N-methyl/N-ethyl adjacent to an activating group) is 1. The summed E-state index contributed by atoms with van der Waals surface area (Å²) in [4.78, 5) is 24.6. The van der Waals surface area contributed by atoms with Crippen LogP contribution in [0.5, 0.6) is 0 Å². The predicted molar refractivity (Wildman–Crippen MR) is 77.2 cm³/mol. The van der Waals surface area contributed by atoms with Gasteiger partial charge in [0.25, 0.3) is 0 Å². The molecule has 5 nitrogen and oxygen atoms in total. The van der Waals surface area contributed by atoms with E-state index in [4.69, 9.17) is 10.8 Å². The van der Waals surface area contributed by atoms with E-state index >= 15 is 0 Å². The minimum absolute atomic E-state index is 0.188. The highest BCUT2D eigenvalue weighted by atomic mass is 16.4. The fourth-order valence-electron chi connectivity index (χ4n) is 1.97. The Morgan fingerprint density at radius 3 is 2.40 bits per heavy atom. The molecule has 0 radical (unpaired) electrons. The normalized spacial score (nSPS) is 13.6. The Balaban J connectivity index is 2.63. The summed E-state index contributed by atoms with van der Waals surface area (Å²) in [6.45, 7) is 4.05. The van der Waals surface area contributed by atoms with Crippen LogP contribution in [0.15, 0.2) is 30.3 Å². The van der Waals surface area contributed by atoms with E-state index < -0.39 is 17.9 Å². The monoisotopic (exact) mass is 278 g/mol. The van der Waals surface area contributed by atoms with Gasteiger partial charge in [0.05, 0.1) is 12.0 Å². The van der Waals surface area contributed by atoms with E-state index in [1.165, 1.54) is 4.90 Å². The number of nitrogens with zero attached hydrogens (tertiary/aromatic N) is 1. The van der Waals surface area contributed by atoms with Gasteiger partial charge in [-0.1, -0.05) is 37.3 Å². The van der Waals surface area contributed by atoms with E-state index in [1.54, 1.807) is 6.92 Å². The van der Waals surface area contributed by atoms with Gasteiger partial charge < -0.3 is 15.7 Å². The van der Waals surface area contributed by atoms with E-state index in [9.17, 15) is 9.59 Å². The maximum atomic E-state index is 12.2. The van der Waals surface area contributed by atoms with E-state index in [-0.39, 0.29) is 12.5 Å². The molecule has 3 N–H and O–H groups in total. The van der Waals surface area contributed by atoms with Gasteiger partial charge in [-0.2, -0.15) is 0 Å². The van der Waals surface area contributed by atoms with E-state index in [2.05, 4.69) is 0 Å². The molecule has 0 spiro atoms. The minimum Gasteiger partial charge on any atom is -0.481 e. The first-order chi connectivity index (χ1) is 9.45. The number of carbonyl (C=O) groups is 2. The van der Waals surface area contributed by atoms with Gasteiger partial charge in [-0.15, -0.1) is 0 Å². The average molecular weight is 278 g/mol. The molecule has 0 bridgehead atoms. The zero-order chi connectivity index (χ0) is 15.1. The smallest absolute Gasteiger partial charge is 0.308 e. The summed E-state index contributed by atoms with van der Waals surface area (Å²) in [6.07, 6.45) is 0.456. The fraction of sp³-hybridized carbons (Fsp3) is 0.467. The Morgan fingerprint density at radius 1 is 1.30 bits per heavy atom. The van der Waals surface area contributed by atoms with Crippen LogP contribution in [0.3, 0.4) is 0 Å². The number of aliphatic carboxylic acids is 1. The predicted octanol–water partition coefficient (Wildman–Crippen LogP) is 1.13. The first-order valence-electron chi connectivity index (χ1n) is 6.76. The Labute approximate surface area is 119 Å². The first kappa shape index (κ1) is 16.2. The second-order valence-corrected chi connectivity index (χ2v) is 4.91. The molecular formula is C15H22N2O3. The van der Waals surface area contributed by atoms with Crippen molar-refractivity contribution in [2.45, 2.75) is 26.3 Å². The molecule has 0 fully saturated rings. The lowest BCUT2D eigenvalue weighted by Crippen LogP contribution is -2.47.